The number of benzene rings is 3. The molecule has 0 amide bonds. The molecule has 5 aromatic rings. The topological polar surface area (TPSA) is 30.7 Å². The number of fused-ring (bicyclic) bond motifs is 4. The normalized spacial score (nSPS) is 17.4. The van der Waals surface area contributed by atoms with E-state index in [9.17, 15) is 0 Å². The van der Waals surface area contributed by atoms with Crippen LogP contribution in [-0.4, -0.2) is 14.5 Å². The summed E-state index contributed by atoms with van der Waals surface area (Å²) >= 11 is 6.20. The van der Waals surface area contributed by atoms with Gasteiger partial charge < -0.3 is 4.57 Å². The van der Waals surface area contributed by atoms with Gasteiger partial charge in [-0.05, 0) is 95.1 Å². The number of aryl methyl sites for hydroxylation is 1. The SMILES string of the molecule is CC(C1C=CC2=C(CCc3c2ccc2ccc(-c4ccncc4)cc32)C1)n1cnc(-c2cccc(Cl)c2)c1. The van der Waals surface area contributed by atoms with E-state index in [0.29, 0.717) is 12.0 Å². The molecule has 0 fully saturated rings. The van der Waals surface area contributed by atoms with E-state index in [-0.39, 0.29) is 0 Å². The summed E-state index contributed by atoms with van der Waals surface area (Å²) in [6, 6.07) is 23.8. The average Bonchev–Trinajstić information content (AvgIpc) is 3.47. The van der Waals surface area contributed by atoms with Crippen LogP contribution >= 0.6 is 11.6 Å². The molecule has 0 spiro atoms. The smallest absolute Gasteiger partial charge is 0.0956 e. The van der Waals surface area contributed by atoms with Crippen molar-refractivity contribution in [2.24, 2.45) is 5.92 Å². The molecule has 0 saturated heterocycles. The van der Waals surface area contributed by atoms with Gasteiger partial charge in [-0.3, -0.25) is 4.98 Å². The summed E-state index contributed by atoms with van der Waals surface area (Å²) in [6.07, 6.45) is 15.9. The van der Waals surface area contributed by atoms with E-state index in [0.717, 1.165) is 35.5 Å². The third kappa shape index (κ3) is 4.08. The van der Waals surface area contributed by atoms with Crippen LogP contribution in [0, 0.1) is 5.92 Å². The molecular formula is C34H28ClN3. The Morgan fingerprint density at radius 3 is 2.66 bits per heavy atom. The summed E-state index contributed by atoms with van der Waals surface area (Å²) in [6.45, 7) is 2.30. The summed E-state index contributed by atoms with van der Waals surface area (Å²) < 4.78 is 2.25. The fraction of sp³-hybridized carbons (Fsp3) is 0.176. The van der Waals surface area contributed by atoms with Crippen LogP contribution in [0.2, 0.25) is 5.02 Å². The van der Waals surface area contributed by atoms with Gasteiger partial charge in [-0.1, -0.05) is 65.7 Å². The number of halogens is 1. The van der Waals surface area contributed by atoms with Gasteiger partial charge in [0.25, 0.3) is 0 Å². The summed E-state index contributed by atoms with van der Waals surface area (Å²) in [7, 11) is 0. The van der Waals surface area contributed by atoms with Crippen molar-refractivity contribution in [3.05, 3.63) is 126 Å². The van der Waals surface area contributed by atoms with Crippen LogP contribution in [0.1, 0.15) is 36.9 Å². The van der Waals surface area contributed by atoms with Crippen molar-refractivity contribution in [1.82, 2.24) is 14.5 Å². The first-order chi connectivity index (χ1) is 18.6. The quantitative estimate of drug-likeness (QED) is 0.240. The zero-order chi connectivity index (χ0) is 25.6. The summed E-state index contributed by atoms with van der Waals surface area (Å²) in [5.41, 5.74) is 10.4. The van der Waals surface area contributed by atoms with Crippen molar-refractivity contribution in [1.29, 1.82) is 0 Å². The van der Waals surface area contributed by atoms with Gasteiger partial charge in [0.1, 0.15) is 0 Å². The number of rotatable bonds is 4. The van der Waals surface area contributed by atoms with Crippen LogP contribution in [0.4, 0.5) is 0 Å². The molecule has 4 heteroatoms. The van der Waals surface area contributed by atoms with Gasteiger partial charge in [0.2, 0.25) is 0 Å². The van der Waals surface area contributed by atoms with Crippen molar-refractivity contribution in [3.8, 4) is 22.4 Å². The Bertz CT molecular complexity index is 1730. The minimum atomic E-state index is 0.321. The number of imidazole rings is 1. The van der Waals surface area contributed by atoms with E-state index in [2.05, 4.69) is 88.3 Å². The molecule has 2 aliphatic carbocycles. The molecule has 7 rings (SSSR count). The minimum Gasteiger partial charge on any atom is -0.333 e. The highest BCUT2D eigenvalue weighted by molar-refractivity contribution is 6.30. The maximum absolute atomic E-state index is 6.20. The van der Waals surface area contributed by atoms with Gasteiger partial charge in [-0.25, -0.2) is 4.98 Å². The zero-order valence-corrected chi connectivity index (χ0v) is 22.1. The van der Waals surface area contributed by atoms with Crippen molar-refractivity contribution < 1.29 is 0 Å². The lowest BCUT2D eigenvalue weighted by atomic mass is 9.75. The average molecular weight is 514 g/mol. The molecule has 2 atom stereocenters. The summed E-state index contributed by atoms with van der Waals surface area (Å²) in [4.78, 5) is 8.86. The Balaban J connectivity index is 1.17. The lowest BCUT2D eigenvalue weighted by molar-refractivity contribution is 0.407. The Hall–Kier alpha value is -3.95. The predicted molar refractivity (Wildman–Crippen MR) is 157 cm³/mol. The van der Waals surface area contributed by atoms with Crippen LogP contribution in [0.3, 0.4) is 0 Å². The Labute approximate surface area is 228 Å². The molecule has 2 aliphatic rings. The minimum absolute atomic E-state index is 0.321. The van der Waals surface area contributed by atoms with E-state index in [1.807, 2.05) is 36.9 Å². The largest absolute Gasteiger partial charge is 0.333 e. The highest BCUT2D eigenvalue weighted by Crippen LogP contribution is 2.43. The molecule has 186 valence electrons. The van der Waals surface area contributed by atoms with Gasteiger partial charge in [-0.15, -0.1) is 0 Å². The van der Waals surface area contributed by atoms with E-state index >= 15 is 0 Å². The van der Waals surface area contributed by atoms with Gasteiger partial charge in [0.05, 0.1) is 12.0 Å². The first kappa shape index (κ1) is 23.2. The number of allylic oxidation sites excluding steroid dienone is 4. The second kappa shape index (κ2) is 9.41. The number of aromatic nitrogens is 3. The van der Waals surface area contributed by atoms with Crippen molar-refractivity contribution in [2.75, 3.05) is 0 Å². The van der Waals surface area contributed by atoms with Crippen molar-refractivity contribution in [2.45, 2.75) is 32.2 Å². The standard InChI is InChI=1S/C34H28ClN3/c1-22(38-20-34(37-21-38)28-3-2-4-29(35)18-28)25-8-10-30-27(17-25)9-12-32-31(30)11-7-24-5-6-26(19-33(24)32)23-13-15-36-16-14-23/h2-8,10-11,13-16,18-22,25H,9,12,17H2,1H3. The zero-order valence-electron chi connectivity index (χ0n) is 21.3. The highest BCUT2D eigenvalue weighted by atomic mass is 35.5. The maximum Gasteiger partial charge on any atom is 0.0956 e. The number of pyridine rings is 1. The van der Waals surface area contributed by atoms with Crippen LogP contribution in [0.15, 0.2) is 109 Å². The van der Waals surface area contributed by atoms with Crippen LogP contribution in [0.25, 0.3) is 38.7 Å². The lowest BCUT2D eigenvalue weighted by Crippen LogP contribution is -2.19. The third-order valence-electron chi connectivity index (χ3n) is 8.30. The van der Waals surface area contributed by atoms with Crippen LogP contribution < -0.4 is 0 Å². The van der Waals surface area contributed by atoms with E-state index < -0.39 is 0 Å². The van der Waals surface area contributed by atoms with Gasteiger partial charge in [0, 0.05) is 41.1 Å². The fourth-order valence-electron chi connectivity index (χ4n) is 6.13. The van der Waals surface area contributed by atoms with Crippen LogP contribution in [0.5, 0.6) is 0 Å². The monoisotopic (exact) mass is 513 g/mol. The Kier molecular flexibility index (Phi) is 5.74. The van der Waals surface area contributed by atoms with Gasteiger partial charge >= 0.3 is 0 Å². The van der Waals surface area contributed by atoms with Gasteiger partial charge in [0.15, 0.2) is 0 Å². The predicted octanol–water partition coefficient (Wildman–Crippen LogP) is 8.96. The van der Waals surface area contributed by atoms with E-state index in [4.69, 9.17) is 11.6 Å². The van der Waals surface area contributed by atoms with E-state index in [1.54, 1.807) is 5.57 Å². The third-order valence-corrected chi connectivity index (χ3v) is 8.53. The van der Waals surface area contributed by atoms with E-state index in [1.165, 1.54) is 38.6 Å². The summed E-state index contributed by atoms with van der Waals surface area (Å²) in [5.74, 6) is 0.440. The van der Waals surface area contributed by atoms with Gasteiger partial charge in [-0.2, -0.15) is 0 Å². The molecule has 0 N–H and O–H groups in total. The van der Waals surface area contributed by atoms with Crippen molar-refractivity contribution in [3.63, 3.8) is 0 Å². The molecular weight excluding hydrogens is 486 g/mol. The molecule has 0 saturated carbocycles. The Morgan fingerprint density at radius 1 is 0.921 bits per heavy atom. The van der Waals surface area contributed by atoms with Crippen molar-refractivity contribution >= 4 is 27.9 Å². The Morgan fingerprint density at radius 2 is 1.79 bits per heavy atom. The summed E-state index contributed by atoms with van der Waals surface area (Å²) in [5, 5.41) is 3.42. The molecule has 3 nitrogen and oxygen atoms in total. The second-order valence-electron chi connectivity index (χ2n) is 10.5. The number of nitrogens with zero attached hydrogens (tertiary/aromatic N) is 3. The molecule has 2 heterocycles. The second-order valence-corrected chi connectivity index (χ2v) is 10.9. The number of hydrogen-bond acceptors (Lipinski definition) is 2. The molecule has 0 aliphatic heterocycles. The molecule has 3 aromatic carbocycles. The molecule has 2 aromatic heterocycles. The molecule has 38 heavy (non-hydrogen) atoms. The molecule has 0 bridgehead atoms. The fourth-order valence-corrected chi connectivity index (χ4v) is 6.32. The molecule has 2 unspecified atom stereocenters. The highest BCUT2D eigenvalue weighted by Gasteiger charge is 2.27. The lowest BCUT2D eigenvalue weighted by Gasteiger charge is -2.31. The molecule has 0 radical (unpaired) electrons. The first-order valence-corrected chi connectivity index (χ1v) is 13.7. The first-order valence-electron chi connectivity index (χ1n) is 13.3. The van der Waals surface area contributed by atoms with Crippen LogP contribution in [-0.2, 0) is 6.42 Å². The number of hydrogen-bond donors (Lipinski definition) is 0. The maximum atomic E-state index is 6.20.